The average Bonchev–Trinajstić information content (AvgIpc) is 3.29. The summed E-state index contributed by atoms with van der Waals surface area (Å²) in [6, 6.07) is 26.8. The van der Waals surface area contributed by atoms with Crippen LogP contribution in [-0.2, 0) is 0 Å². The molecule has 2 saturated heterocycles. The van der Waals surface area contributed by atoms with Crippen LogP contribution in [0.15, 0.2) is 83.7 Å². The molecule has 0 spiro atoms. The quantitative estimate of drug-likeness (QED) is 0.450. The number of aromatic nitrogens is 2. The van der Waals surface area contributed by atoms with Crippen LogP contribution in [0.3, 0.4) is 0 Å². The number of para-hydroxylation sites is 2. The Kier molecular flexibility index (Phi) is 6.20. The fraction of sp³-hybridized carbons (Fsp3) is 0.333. The van der Waals surface area contributed by atoms with Crippen molar-refractivity contribution in [3.05, 3.63) is 94.9 Å². The molecule has 2 fully saturated rings. The van der Waals surface area contributed by atoms with E-state index in [4.69, 9.17) is 0 Å². The predicted octanol–water partition coefficient (Wildman–Crippen LogP) is 4.94. The number of imidazole rings is 1. The van der Waals surface area contributed by atoms with Gasteiger partial charge in [-0.1, -0.05) is 60.7 Å². The van der Waals surface area contributed by atoms with Crippen molar-refractivity contribution in [2.24, 2.45) is 0 Å². The molecule has 6 nitrogen and oxygen atoms in total. The van der Waals surface area contributed by atoms with Crippen molar-refractivity contribution in [1.29, 1.82) is 0 Å². The number of hydrogen-bond acceptors (Lipinski definition) is 3. The zero-order chi connectivity index (χ0) is 24.5. The molecule has 0 aliphatic carbocycles. The lowest BCUT2D eigenvalue weighted by Gasteiger charge is -2.42. The number of nitrogens with zero attached hydrogens (tertiary/aromatic N) is 3. The van der Waals surface area contributed by atoms with E-state index in [2.05, 4.69) is 22.0 Å². The minimum atomic E-state index is -0.00254. The number of carbonyl (C=O) groups is 1. The summed E-state index contributed by atoms with van der Waals surface area (Å²) in [7, 11) is 0. The summed E-state index contributed by atoms with van der Waals surface area (Å²) in [5, 5.41) is 0. The summed E-state index contributed by atoms with van der Waals surface area (Å²) < 4.78 is 1.96. The smallest absolute Gasteiger partial charge is 0.326 e. The normalized spacial score (nSPS) is 18.1. The molecule has 0 bridgehead atoms. The number of rotatable bonds is 4. The highest BCUT2D eigenvalue weighted by Gasteiger charge is 2.31. The number of piperidine rings is 2. The Morgan fingerprint density at radius 2 is 1.36 bits per heavy atom. The van der Waals surface area contributed by atoms with Crippen LogP contribution in [0.2, 0.25) is 0 Å². The zero-order valence-corrected chi connectivity index (χ0v) is 20.5. The van der Waals surface area contributed by atoms with E-state index in [0.29, 0.717) is 6.04 Å². The fourth-order valence-corrected chi connectivity index (χ4v) is 6.09. The van der Waals surface area contributed by atoms with Crippen LogP contribution in [0.25, 0.3) is 22.2 Å². The summed E-state index contributed by atoms with van der Waals surface area (Å²) >= 11 is 0. The van der Waals surface area contributed by atoms with Crippen molar-refractivity contribution in [3.63, 3.8) is 0 Å². The molecule has 0 unspecified atom stereocenters. The Morgan fingerprint density at radius 3 is 2.14 bits per heavy atom. The molecule has 3 aromatic carbocycles. The molecule has 6 heteroatoms. The Bertz CT molecular complexity index is 1410. The lowest BCUT2D eigenvalue weighted by Crippen LogP contribution is -2.49. The van der Waals surface area contributed by atoms with E-state index in [-0.39, 0.29) is 17.6 Å². The number of fused-ring (bicyclic) bond motifs is 1. The molecule has 1 aromatic heterocycles. The Labute approximate surface area is 211 Å². The molecule has 36 heavy (non-hydrogen) atoms. The zero-order valence-electron chi connectivity index (χ0n) is 20.5. The molecule has 0 atom stereocenters. The highest BCUT2D eigenvalue weighted by molar-refractivity contribution is 6.01. The number of H-pyrrole nitrogens is 1. The van der Waals surface area contributed by atoms with Crippen molar-refractivity contribution in [3.8, 4) is 11.1 Å². The Hall–Kier alpha value is -3.64. The lowest BCUT2D eigenvalue weighted by molar-refractivity contribution is 0.0558. The van der Waals surface area contributed by atoms with Gasteiger partial charge in [0.2, 0.25) is 0 Å². The molecule has 1 amide bonds. The van der Waals surface area contributed by atoms with Gasteiger partial charge in [-0.3, -0.25) is 9.36 Å². The second-order valence-electron chi connectivity index (χ2n) is 10.0. The number of amides is 1. The lowest BCUT2D eigenvalue weighted by atomic mass is 9.95. The van der Waals surface area contributed by atoms with Crippen LogP contribution in [0.4, 0.5) is 0 Å². The van der Waals surface area contributed by atoms with Gasteiger partial charge in [0.15, 0.2) is 0 Å². The van der Waals surface area contributed by atoms with Gasteiger partial charge in [-0.05, 0) is 55.0 Å². The first kappa shape index (κ1) is 22.8. The van der Waals surface area contributed by atoms with Gasteiger partial charge >= 0.3 is 5.69 Å². The highest BCUT2D eigenvalue weighted by atomic mass is 16.2. The summed E-state index contributed by atoms with van der Waals surface area (Å²) in [6.45, 7) is 3.56. The van der Waals surface area contributed by atoms with Gasteiger partial charge in [-0.15, -0.1) is 0 Å². The van der Waals surface area contributed by atoms with Gasteiger partial charge in [0.1, 0.15) is 0 Å². The van der Waals surface area contributed by atoms with Gasteiger partial charge < -0.3 is 14.8 Å². The number of nitrogens with one attached hydrogen (secondary N) is 1. The summed E-state index contributed by atoms with van der Waals surface area (Å²) in [5.41, 5.74) is 4.78. The summed E-state index contributed by atoms with van der Waals surface area (Å²) in [6.07, 6.45) is 3.95. The fourth-order valence-electron chi connectivity index (χ4n) is 6.09. The van der Waals surface area contributed by atoms with Crippen LogP contribution in [0, 0.1) is 0 Å². The van der Waals surface area contributed by atoms with Crippen molar-refractivity contribution < 1.29 is 4.79 Å². The standard InChI is InChI=1S/C30H32N4O2/c35-29(26-11-5-4-10-25(26)22-8-2-1-3-9-22)33-20-14-23(15-21-33)32-18-16-24(17-19-32)34-28-13-7-6-12-27(28)31-30(34)36/h1-13,23-24H,14-21H2,(H,31,36). The largest absolute Gasteiger partial charge is 0.339 e. The van der Waals surface area contributed by atoms with E-state index in [0.717, 1.165) is 79.6 Å². The van der Waals surface area contributed by atoms with Gasteiger partial charge in [0.25, 0.3) is 5.91 Å². The Balaban J connectivity index is 1.08. The summed E-state index contributed by atoms with van der Waals surface area (Å²) in [5.74, 6) is 0.130. The molecule has 0 saturated carbocycles. The molecule has 1 N–H and O–H groups in total. The van der Waals surface area contributed by atoms with Crippen LogP contribution < -0.4 is 5.69 Å². The number of carbonyl (C=O) groups excluding carboxylic acids is 1. The van der Waals surface area contributed by atoms with Gasteiger partial charge in [-0.2, -0.15) is 0 Å². The molecular weight excluding hydrogens is 448 g/mol. The van der Waals surface area contributed by atoms with Crippen molar-refractivity contribution in [2.75, 3.05) is 26.2 Å². The van der Waals surface area contributed by atoms with E-state index in [1.54, 1.807) is 0 Å². The monoisotopic (exact) mass is 480 g/mol. The Morgan fingerprint density at radius 1 is 0.722 bits per heavy atom. The number of likely N-dealkylation sites (tertiary alicyclic amines) is 2. The topological polar surface area (TPSA) is 61.3 Å². The number of aromatic amines is 1. The highest BCUT2D eigenvalue weighted by Crippen LogP contribution is 2.30. The number of benzene rings is 3. The van der Waals surface area contributed by atoms with E-state index in [1.807, 2.05) is 76.2 Å². The molecule has 0 radical (unpaired) electrons. The van der Waals surface area contributed by atoms with Crippen molar-refractivity contribution >= 4 is 16.9 Å². The minimum Gasteiger partial charge on any atom is -0.339 e. The molecular formula is C30H32N4O2. The second-order valence-corrected chi connectivity index (χ2v) is 10.0. The predicted molar refractivity (Wildman–Crippen MR) is 143 cm³/mol. The molecule has 184 valence electrons. The summed E-state index contributed by atoms with van der Waals surface area (Å²) in [4.78, 5) is 33.7. The maximum Gasteiger partial charge on any atom is 0.326 e. The SMILES string of the molecule is O=C(c1ccccc1-c1ccccc1)N1CCC(N2CCC(n3c(=O)[nH]c4ccccc43)CC2)CC1. The third-order valence-electron chi connectivity index (χ3n) is 8.00. The number of hydrogen-bond donors (Lipinski definition) is 1. The van der Waals surface area contributed by atoms with Crippen LogP contribution in [-0.4, -0.2) is 57.5 Å². The van der Waals surface area contributed by atoms with E-state index >= 15 is 0 Å². The van der Waals surface area contributed by atoms with E-state index in [9.17, 15) is 9.59 Å². The van der Waals surface area contributed by atoms with Crippen LogP contribution >= 0.6 is 0 Å². The van der Waals surface area contributed by atoms with E-state index < -0.39 is 0 Å². The first-order chi connectivity index (χ1) is 17.7. The molecule has 2 aliphatic heterocycles. The van der Waals surface area contributed by atoms with Crippen molar-refractivity contribution in [2.45, 2.75) is 37.8 Å². The van der Waals surface area contributed by atoms with Crippen molar-refractivity contribution in [1.82, 2.24) is 19.4 Å². The maximum absolute atomic E-state index is 13.5. The molecule has 6 rings (SSSR count). The van der Waals surface area contributed by atoms with Gasteiger partial charge in [-0.25, -0.2) is 4.79 Å². The molecule has 4 aromatic rings. The second kappa shape index (κ2) is 9.78. The molecule has 2 aliphatic rings. The molecule has 3 heterocycles. The first-order valence-electron chi connectivity index (χ1n) is 13.1. The average molecular weight is 481 g/mol. The van der Waals surface area contributed by atoms with Crippen LogP contribution in [0.5, 0.6) is 0 Å². The third kappa shape index (κ3) is 4.26. The van der Waals surface area contributed by atoms with Crippen LogP contribution in [0.1, 0.15) is 42.1 Å². The van der Waals surface area contributed by atoms with Gasteiger partial charge in [0, 0.05) is 43.8 Å². The first-order valence-corrected chi connectivity index (χ1v) is 13.1. The van der Waals surface area contributed by atoms with Gasteiger partial charge in [0.05, 0.1) is 11.0 Å². The minimum absolute atomic E-state index is 0.00254. The van der Waals surface area contributed by atoms with E-state index in [1.165, 1.54) is 0 Å². The third-order valence-corrected chi connectivity index (χ3v) is 8.00. The maximum atomic E-state index is 13.5.